The van der Waals surface area contributed by atoms with Crippen LogP contribution in [-0.4, -0.2) is 12.0 Å². The quantitative estimate of drug-likeness (QED) is 0.576. The summed E-state index contributed by atoms with van der Waals surface area (Å²) in [5, 5.41) is 2.67. The first kappa shape index (κ1) is 10.2. The van der Waals surface area contributed by atoms with Crippen LogP contribution in [0.15, 0.2) is 29.3 Å². The molecule has 0 aromatic heterocycles. The van der Waals surface area contributed by atoms with E-state index in [0.717, 1.165) is 5.56 Å². The summed E-state index contributed by atoms with van der Waals surface area (Å²) in [6.07, 6.45) is 1.46. The first-order valence-electron chi connectivity index (χ1n) is 4.13. The van der Waals surface area contributed by atoms with E-state index in [2.05, 4.69) is 10.3 Å². The first-order chi connectivity index (χ1) is 6.72. The van der Waals surface area contributed by atoms with Gasteiger partial charge in [-0.3, -0.25) is 4.79 Å². The Morgan fingerprint density at radius 2 is 2.07 bits per heavy atom. The van der Waals surface area contributed by atoms with E-state index in [1.165, 1.54) is 13.0 Å². The van der Waals surface area contributed by atoms with Crippen molar-refractivity contribution in [3.05, 3.63) is 29.8 Å². The molecule has 0 aliphatic heterocycles. The number of carbonyl (C=O) groups is 1. The lowest BCUT2D eigenvalue weighted by molar-refractivity contribution is -0.119. The van der Waals surface area contributed by atoms with Crippen LogP contribution in [0, 0.1) is 0 Å². The highest BCUT2D eigenvalue weighted by Crippen LogP contribution is 2.11. The predicted molar refractivity (Wildman–Crippen MR) is 51.7 cm³/mol. The maximum Gasteiger partial charge on any atom is 0.240 e. The van der Waals surface area contributed by atoms with Crippen molar-refractivity contribution in [2.75, 3.05) is 0 Å². The fourth-order valence-corrected chi connectivity index (χ4v) is 0.968. The zero-order chi connectivity index (χ0) is 10.4. The van der Waals surface area contributed by atoms with Crippen LogP contribution in [0.5, 0.6) is 0 Å². The van der Waals surface area contributed by atoms with Crippen molar-refractivity contribution in [2.45, 2.75) is 13.5 Å². The highest BCUT2D eigenvalue weighted by molar-refractivity contribution is 5.72. The van der Waals surface area contributed by atoms with Crippen LogP contribution in [0.25, 0.3) is 0 Å². The molecular formula is C10H10N2O2. The highest BCUT2D eigenvalue weighted by atomic mass is 16.1. The van der Waals surface area contributed by atoms with Crippen LogP contribution in [0.2, 0.25) is 0 Å². The molecule has 0 aliphatic rings. The summed E-state index contributed by atoms with van der Waals surface area (Å²) in [5.74, 6) is -0.0695. The molecule has 0 atom stereocenters. The Morgan fingerprint density at radius 1 is 1.43 bits per heavy atom. The average Bonchev–Trinajstić information content (AvgIpc) is 2.17. The third-order valence-electron chi connectivity index (χ3n) is 1.65. The van der Waals surface area contributed by atoms with E-state index in [1.54, 1.807) is 24.3 Å². The minimum absolute atomic E-state index is 0.0695. The fraction of sp³-hybridized carbons (Fsp3) is 0.200. The van der Waals surface area contributed by atoms with Gasteiger partial charge in [0.1, 0.15) is 0 Å². The molecule has 4 nitrogen and oxygen atoms in total. The van der Waals surface area contributed by atoms with E-state index >= 15 is 0 Å². The Labute approximate surface area is 81.7 Å². The molecule has 72 valence electrons. The van der Waals surface area contributed by atoms with Crippen molar-refractivity contribution < 1.29 is 9.59 Å². The molecule has 1 amide bonds. The Morgan fingerprint density at radius 3 is 2.57 bits per heavy atom. The number of nitrogens with zero attached hydrogens (tertiary/aromatic N) is 1. The molecule has 1 aromatic rings. The number of hydrogen-bond donors (Lipinski definition) is 1. The molecule has 0 saturated carbocycles. The SMILES string of the molecule is CC(=O)NCc1ccc(N=C=O)cc1. The van der Waals surface area contributed by atoms with Gasteiger partial charge in [0.2, 0.25) is 12.0 Å². The molecule has 4 heteroatoms. The van der Waals surface area contributed by atoms with Crippen molar-refractivity contribution in [1.29, 1.82) is 0 Å². The lowest BCUT2D eigenvalue weighted by Gasteiger charge is -2.01. The van der Waals surface area contributed by atoms with Gasteiger partial charge in [0, 0.05) is 13.5 Å². The summed E-state index contributed by atoms with van der Waals surface area (Å²) in [4.78, 5) is 24.0. The zero-order valence-electron chi connectivity index (χ0n) is 7.78. The van der Waals surface area contributed by atoms with E-state index in [0.29, 0.717) is 12.2 Å². The van der Waals surface area contributed by atoms with E-state index in [4.69, 9.17) is 0 Å². The van der Waals surface area contributed by atoms with Crippen molar-refractivity contribution in [3.8, 4) is 0 Å². The van der Waals surface area contributed by atoms with Gasteiger partial charge >= 0.3 is 0 Å². The van der Waals surface area contributed by atoms with Crippen LogP contribution < -0.4 is 5.32 Å². The summed E-state index contributed by atoms with van der Waals surface area (Å²) in [6, 6.07) is 6.99. The molecule has 14 heavy (non-hydrogen) atoms. The van der Waals surface area contributed by atoms with Gasteiger partial charge in [-0.25, -0.2) is 4.79 Å². The number of amides is 1. The number of carbonyl (C=O) groups excluding carboxylic acids is 2. The van der Waals surface area contributed by atoms with Crippen molar-refractivity contribution >= 4 is 17.7 Å². The second-order valence-electron chi connectivity index (χ2n) is 2.78. The van der Waals surface area contributed by atoms with Crippen LogP contribution in [-0.2, 0) is 16.1 Å². The lowest BCUT2D eigenvalue weighted by Crippen LogP contribution is -2.18. The molecular weight excluding hydrogens is 180 g/mol. The summed E-state index contributed by atoms with van der Waals surface area (Å²) in [6.45, 7) is 1.95. The third kappa shape index (κ3) is 3.21. The molecule has 0 fully saturated rings. The molecule has 1 aromatic carbocycles. The smallest absolute Gasteiger partial charge is 0.240 e. The zero-order valence-corrected chi connectivity index (χ0v) is 7.78. The normalized spacial score (nSPS) is 8.93. The first-order valence-corrected chi connectivity index (χ1v) is 4.13. The van der Waals surface area contributed by atoms with Crippen LogP contribution in [0.3, 0.4) is 0 Å². The molecule has 0 spiro atoms. The molecule has 0 bridgehead atoms. The maximum absolute atomic E-state index is 10.6. The largest absolute Gasteiger partial charge is 0.352 e. The molecule has 0 saturated heterocycles. The van der Waals surface area contributed by atoms with Crippen molar-refractivity contribution in [3.63, 3.8) is 0 Å². The van der Waals surface area contributed by atoms with E-state index in [1.807, 2.05) is 0 Å². The Balaban J connectivity index is 2.63. The topological polar surface area (TPSA) is 58.5 Å². The Bertz CT molecular complexity index is 364. The molecule has 0 aliphatic carbocycles. The second-order valence-corrected chi connectivity index (χ2v) is 2.78. The minimum atomic E-state index is -0.0695. The summed E-state index contributed by atoms with van der Waals surface area (Å²) in [7, 11) is 0. The van der Waals surface area contributed by atoms with E-state index < -0.39 is 0 Å². The number of isocyanates is 1. The molecule has 0 unspecified atom stereocenters. The molecule has 0 radical (unpaired) electrons. The van der Waals surface area contributed by atoms with Gasteiger partial charge in [0.25, 0.3) is 0 Å². The van der Waals surface area contributed by atoms with Gasteiger partial charge in [-0.1, -0.05) is 12.1 Å². The van der Waals surface area contributed by atoms with Crippen molar-refractivity contribution in [1.82, 2.24) is 5.32 Å². The van der Waals surface area contributed by atoms with Gasteiger partial charge < -0.3 is 5.32 Å². The molecule has 1 N–H and O–H groups in total. The van der Waals surface area contributed by atoms with Gasteiger partial charge in [-0.2, -0.15) is 4.99 Å². The number of hydrogen-bond acceptors (Lipinski definition) is 3. The standard InChI is InChI=1S/C10H10N2O2/c1-8(14)11-6-9-2-4-10(5-3-9)12-7-13/h2-5H,6H2,1H3,(H,11,14). The number of nitrogens with one attached hydrogen (secondary N) is 1. The van der Waals surface area contributed by atoms with Crippen molar-refractivity contribution in [2.24, 2.45) is 4.99 Å². The monoisotopic (exact) mass is 190 g/mol. The van der Waals surface area contributed by atoms with E-state index in [9.17, 15) is 9.59 Å². The summed E-state index contributed by atoms with van der Waals surface area (Å²) in [5.41, 5.74) is 1.52. The molecule has 0 heterocycles. The summed E-state index contributed by atoms with van der Waals surface area (Å²) < 4.78 is 0. The van der Waals surface area contributed by atoms with Gasteiger partial charge in [0.05, 0.1) is 5.69 Å². The maximum atomic E-state index is 10.6. The van der Waals surface area contributed by atoms with Crippen LogP contribution in [0.4, 0.5) is 5.69 Å². The van der Waals surface area contributed by atoms with Gasteiger partial charge in [-0.15, -0.1) is 0 Å². The lowest BCUT2D eigenvalue weighted by atomic mass is 10.2. The Kier molecular flexibility index (Phi) is 3.58. The fourth-order valence-electron chi connectivity index (χ4n) is 0.968. The average molecular weight is 190 g/mol. The van der Waals surface area contributed by atoms with Crippen LogP contribution in [0.1, 0.15) is 12.5 Å². The highest BCUT2D eigenvalue weighted by Gasteiger charge is 1.94. The second kappa shape index (κ2) is 4.94. The third-order valence-corrected chi connectivity index (χ3v) is 1.65. The number of aliphatic imine (C=N–C) groups is 1. The number of rotatable bonds is 3. The predicted octanol–water partition coefficient (Wildman–Crippen LogP) is 1.29. The number of benzene rings is 1. The van der Waals surface area contributed by atoms with Gasteiger partial charge in [0.15, 0.2) is 0 Å². The minimum Gasteiger partial charge on any atom is -0.352 e. The van der Waals surface area contributed by atoms with Gasteiger partial charge in [-0.05, 0) is 17.7 Å². The van der Waals surface area contributed by atoms with Crippen LogP contribution >= 0.6 is 0 Å². The Hall–Kier alpha value is -1.93. The molecule has 1 rings (SSSR count). The summed E-state index contributed by atoms with van der Waals surface area (Å²) >= 11 is 0. The van der Waals surface area contributed by atoms with E-state index in [-0.39, 0.29) is 5.91 Å².